The summed E-state index contributed by atoms with van der Waals surface area (Å²) in [6.07, 6.45) is -4.51. The fourth-order valence-corrected chi connectivity index (χ4v) is 2.19. The second-order valence-electron chi connectivity index (χ2n) is 5.44. The molecule has 0 aliphatic rings. The Labute approximate surface area is 151 Å². The molecule has 0 aliphatic carbocycles. The first-order chi connectivity index (χ1) is 12.8. The number of anilines is 3. The summed E-state index contributed by atoms with van der Waals surface area (Å²) >= 11 is 0. The number of hydrogen-bond donors (Lipinski definition) is 2. The van der Waals surface area contributed by atoms with Gasteiger partial charge in [0.1, 0.15) is 5.82 Å². The van der Waals surface area contributed by atoms with Gasteiger partial charge in [-0.3, -0.25) is 4.79 Å². The molecule has 3 aromatic rings. The third kappa shape index (κ3) is 4.57. The van der Waals surface area contributed by atoms with Crippen LogP contribution in [0.1, 0.15) is 16.1 Å². The highest BCUT2D eigenvalue weighted by Crippen LogP contribution is 2.30. The molecule has 2 aromatic carbocycles. The number of carbonyl (C=O) groups is 1. The number of nitrogens with zero attached hydrogens (tertiary/aromatic N) is 2. The number of benzene rings is 2. The summed E-state index contributed by atoms with van der Waals surface area (Å²) in [5.74, 6) is -0.999. The van der Waals surface area contributed by atoms with Gasteiger partial charge in [-0.1, -0.05) is 18.2 Å². The molecule has 3 rings (SSSR count). The molecule has 0 aliphatic heterocycles. The fraction of sp³-hybridized carbons (Fsp3) is 0.0556. The summed E-state index contributed by atoms with van der Waals surface area (Å²) in [6.45, 7) is 0. The van der Waals surface area contributed by atoms with Crippen molar-refractivity contribution in [2.24, 2.45) is 0 Å². The van der Waals surface area contributed by atoms with E-state index in [1.165, 1.54) is 42.5 Å². The van der Waals surface area contributed by atoms with Crippen molar-refractivity contribution in [1.29, 1.82) is 0 Å². The summed E-state index contributed by atoms with van der Waals surface area (Å²) in [4.78, 5) is 12.1. The van der Waals surface area contributed by atoms with Crippen molar-refractivity contribution in [3.8, 4) is 0 Å². The van der Waals surface area contributed by atoms with E-state index in [1.807, 2.05) is 0 Å². The summed E-state index contributed by atoms with van der Waals surface area (Å²) in [7, 11) is 0. The van der Waals surface area contributed by atoms with E-state index < -0.39 is 23.5 Å². The first kappa shape index (κ1) is 18.3. The Bertz CT molecular complexity index is 958. The van der Waals surface area contributed by atoms with Crippen molar-refractivity contribution in [2.75, 3.05) is 10.6 Å². The van der Waals surface area contributed by atoms with Gasteiger partial charge in [-0.15, -0.1) is 10.2 Å². The van der Waals surface area contributed by atoms with Gasteiger partial charge in [-0.25, -0.2) is 4.39 Å². The lowest BCUT2D eigenvalue weighted by Gasteiger charge is -2.10. The fourth-order valence-electron chi connectivity index (χ4n) is 2.19. The Kier molecular flexibility index (Phi) is 5.02. The summed E-state index contributed by atoms with van der Waals surface area (Å²) in [6, 6.07) is 12.9. The number of alkyl halides is 3. The highest BCUT2D eigenvalue weighted by Gasteiger charge is 2.30. The average molecular weight is 376 g/mol. The normalized spacial score (nSPS) is 11.1. The minimum Gasteiger partial charge on any atom is -0.336 e. The van der Waals surface area contributed by atoms with E-state index in [0.29, 0.717) is 0 Å². The van der Waals surface area contributed by atoms with E-state index in [2.05, 4.69) is 20.8 Å². The Morgan fingerprint density at radius 3 is 2.37 bits per heavy atom. The minimum atomic E-state index is -4.51. The molecule has 27 heavy (non-hydrogen) atoms. The second-order valence-corrected chi connectivity index (χ2v) is 5.44. The molecule has 1 heterocycles. The monoisotopic (exact) mass is 376 g/mol. The van der Waals surface area contributed by atoms with Crippen LogP contribution in [0.25, 0.3) is 0 Å². The van der Waals surface area contributed by atoms with E-state index in [0.717, 1.165) is 12.1 Å². The molecular formula is C18H12F4N4O. The first-order valence-corrected chi connectivity index (χ1v) is 7.67. The largest absolute Gasteiger partial charge is 0.416 e. The Balaban J connectivity index is 1.70. The van der Waals surface area contributed by atoms with E-state index in [4.69, 9.17) is 0 Å². The molecule has 0 saturated carbocycles. The molecule has 0 fully saturated rings. The molecule has 1 amide bonds. The lowest BCUT2D eigenvalue weighted by molar-refractivity contribution is -0.137. The lowest BCUT2D eigenvalue weighted by Crippen LogP contribution is -2.15. The van der Waals surface area contributed by atoms with Crippen molar-refractivity contribution in [3.63, 3.8) is 0 Å². The number of rotatable bonds is 4. The molecule has 0 spiro atoms. The van der Waals surface area contributed by atoms with Crippen LogP contribution >= 0.6 is 0 Å². The van der Waals surface area contributed by atoms with Gasteiger partial charge in [0.05, 0.1) is 11.3 Å². The molecular weight excluding hydrogens is 364 g/mol. The van der Waals surface area contributed by atoms with E-state index in [9.17, 15) is 22.4 Å². The van der Waals surface area contributed by atoms with Crippen LogP contribution in [0, 0.1) is 5.82 Å². The maximum Gasteiger partial charge on any atom is 0.416 e. The Morgan fingerprint density at radius 1 is 0.926 bits per heavy atom. The van der Waals surface area contributed by atoms with Gasteiger partial charge in [0.25, 0.3) is 5.91 Å². The van der Waals surface area contributed by atoms with Crippen molar-refractivity contribution in [1.82, 2.24) is 10.2 Å². The molecule has 138 valence electrons. The van der Waals surface area contributed by atoms with Crippen LogP contribution in [0.4, 0.5) is 34.8 Å². The number of para-hydroxylation sites is 1. The molecule has 0 unspecified atom stereocenters. The van der Waals surface area contributed by atoms with Gasteiger partial charge in [0, 0.05) is 5.69 Å². The highest BCUT2D eigenvalue weighted by molar-refractivity contribution is 6.02. The molecule has 9 heteroatoms. The average Bonchev–Trinajstić information content (AvgIpc) is 2.64. The van der Waals surface area contributed by atoms with Crippen LogP contribution < -0.4 is 10.6 Å². The SMILES string of the molecule is O=C(Nc1cccc(C(F)(F)F)c1)c1ccc(Nc2ccccc2F)nn1. The number of carbonyl (C=O) groups excluding carboxylic acids is 1. The van der Waals surface area contributed by atoms with Gasteiger partial charge >= 0.3 is 6.18 Å². The molecule has 0 atom stereocenters. The highest BCUT2D eigenvalue weighted by atomic mass is 19.4. The van der Waals surface area contributed by atoms with Crippen LogP contribution in [-0.4, -0.2) is 16.1 Å². The smallest absolute Gasteiger partial charge is 0.336 e. The third-order valence-electron chi connectivity index (χ3n) is 3.48. The number of hydrogen-bond acceptors (Lipinski definition) is 4. The maximum atomic E-state index is 13.6. The van der Waals surface area contributed by atoms with Crippen LogP contribution in [0.3, 0.4) is 0 Å². The molecule has 5 nitrogen and oxygen atoms in total. The summed E-state index contributed by atoms with van der Waals surface area (Å²) < 4.78 is 51.7. The molecule has 1 aromatic heterocycles. The zero-order valence-corrected chi connectivity index (χ0v) is 13.6. The number of amides is 1. The van der Waals surface area contributed by atoms with Gasteiger partial charge in [0.2, 0.25) is 0 Å². The van der Waals surface area contributed by atoms with Gasteiger partial charge in [-0.05, 0) is 42.5 Å². The molecule has 0 bridgehead atoms. The van der Waals surface area contributed by atoms with Crippen LogP contribution in [-0.2, 0) is 6.18 Å². The predicted octanol–water partition coefficient (Wildman–Crippen LogP) is 4.63. The lowest BCUT2D eigenvalue weighted by atomic mass is 10.2. The summed E-state index contributed by atoms with van der Waals surface area (Å²) in [5.41, 5.74) is -0.819. The number of halogens is 4. The number of nitrogens with one attached hydrogen (secondary N) is 2. The van der Waals surface area contributed by atoms with Crippen LogP contribution in [0.2, 0.25) is 0 Å². The van der Waals surface area contributed by atoms with E-state index >= 15 is 0 Å². The van der Waals surface area contributed by atoms with Crippen molar-refractivity contribution in [2.45, 2.75) is 6.18 Å². The second kappa shape index (κ2) is 7.40. The number of aromatic nitrogens is 2. The predicted molar refractivity (Wildman–Crippen MR) is 91.1 cm³/mol. The zero-order chi connectivity index (χ0) is 19.4. The maximum absolute atomic E-state index is 13.6. The van der Waals surface area contributed by atoms with E-state index in [-0.39, 0.29) is 22.9 Å². The topological polar surface area (TPSA) is 66.9 Å². The van der Waals surface area contributed by atoms with Gasteiger partial charge < -0.3 is 10.6 Å². The minimum absolute atomic E-state index is 0.0230. The van der Waals surface area contributed by atoms with Crippen molar-refractivity contribution >= 4 is 23.1 Å². The zero-order valence-electron chi connectivity index (χ0n) is 13.6. The third-order valence-corrected chi connectivity index (χ3v) is 3.48. The van der Waals surface area contributed by atoms with Gasteiger partial charge in [-0.2, -0.15) is 13.2 Å². The Morgan fingerprint density at radius 2 is 1.70 bits per heavy atom. The van der Waals surface area contributed by atoms with E-state index in [1.54, 1.807) is 6.07 Å². The molecule has 2 N–H and O–H groups in total. The van der Waals surface area contributed by atoms with Gasteiger partial charge in [0.15, 0.2) is 11.5 Å². The first-order valence-electron chi connectivity index (χ1n) is 7.67. The standard InChI is InChI=1S/C18H12F4N4O/c19-13-6-1-2-7-14(13)24-16-9-8-15(25-26-16)17(27)23-12-5-3-4-11(10-12)18(20,21)22/h1-10H,(H,23,27)(H,24,26). The summed E-state index contributed by atoms with van der Waals surface area (Å²) in [5, 5.41) is 12.5. The van der Waals surface area contributed by atoms with Crippen molar-refractivity contribution < 1.29 is 22.4 Å². The van der Waals surface area contributed by atoms with Crippen molar-refractivity contribution in [3.05, 3.63) is 77.7 Å². The molecule has 0 radical (unpaired) electrons. The van der Waals surface area contributed by atoms with Crippen LogP contribution in [0.15, 0.2) is 60.7 Å². The molecule has 0 saturated heterocycles. The quantitative estimate of drug-likeness (QED) is 0.652. The Hall–Kier alpha value is -3.49. The van der Waals surface area contributed by atoms with Crippen LogP contribution in [0.5, 0.6) is 0 Å².